The van der Waals surface area contributed by atoms with Gasteiger partial charge in [0.15, 0.2) is 0 Å². The van der Waals surface area contributed by atoms with Gasteiger partial charge in [0.1, 0.15) is 6.61 Å². The normalized spacial score (nSPS) is 13.5. The third-order valence-electron chi connectivity index (χ3n) is 3.35. The second-order valence-electron chi connectivity index (χ2n) is 5.03. The van der Waals surface area contributed by atoms with Crippen molar-refractivity contribution in [2.24, 2.45) is 0 Å². The van der Waals surface area contributed by atoms with Crippen LogP contribution in [-0.2, 0) is 10.2 Å². The van der Waals surface area contributed by atoms with Crippen molar-refractivity contribution in [3.05, 3.63) is 71.8 Å². The smallest absolute Gasteiger partial charge is 0.338 e. The molecule has 1 N–H and O–H groups in total. The molecule has 0 saturated heterocycles. The lowest BCUT2D eigenvalue weighted by atomic mass is 9.84. The van der Waals surface area contributed by atoms with Gasteiger partial charge in [0.25, 0.3) is 0 Å². The molecule has 0 amide bonds. The zero-order chi connectivity index (χ0) is 14.4. The van der Waals surface area contributed by atoms with E-state index in [9.17, 15) is 9.90 Å². The Labute approximate surface area is 118 Å². The molecule has 0 aromatic heterocycles. The number of ether oxygens (including phenoxy) is 1. The minimum atomic E-state index is -0.592. The van der Waals surface area contributed by atoms with Crippen LogP contribution in [0.25, 0.3) is 0 Å². The van der Waals surface area contributed by atoms with Crippen molar-refractivity contribution in [1.82, 2.24) is 0 Å². The Balaban J connectivity index is 2.06. The first-order chi connectivity index (χ1) is 9.65. The summed E-state index contributed by atoms with van der Waals surface area (Å²) in [5.41, 5.74) is 0.871. The van der Waals surface area contributed by atoms with E-state index in [1.54, 1.807) is 24.3 Å². The first-order valence-corrected chi connectivity index (χ1v) is 6.54. The van der Waals surface area contributed by atoms with E-state index in [2.05, 4.69) is 0 Å². The van der Waals surface area contributed by atoms with Crippen molar-refractivity contribution >= 4 is 5.97 Å². The summed E-state index contributed by atoms with van der Waals surface area (Å²) in [5.74, 6) is -0.374. The number of hydrogen-bond donors (Lipinski definition) is 1. The maximum Gasteiger partial charge on any atom is 0.338 e. The van der Waals surface area contributed by atoms with Crippen molar-refractivity contribution in [2.45, 2.75) is 12.3 Å². The van der Waals surface area contributed by atoms with E-state index in [0.717, 1.165) is 5.56 Å². The Hall–Kier alpha value is -2.13. The van der Waals surface area contributed by atoms with Gasteiger partial charge in [-0.05, 0) is 17.7 Å². The van der Waals surface area contributed by atoms with E-state index in [-0.39, 0.29) is 19.2 Å². The topological polar surface area (TPSA) is 46.5 Å². The lowest BCUT2D eigenvalue weighted by molar-refractivity contribution is 0.0345. The number of hydrogen-bond acceptors (Lipinski definition) is 3. The van der Waals surface area contributed by atoms with Gasteiger partial charge in [0.05, 0.1) is 12.2 Å². The minimum absolute atomic E-state index is 0.0842. The summed E-state index contributed by atoms with van der Waals surface area (Å²) in [6.07, 6.45) is 0. The second kappa shape index (κ2) is 6.35. The second-order valence-corrected chi connectivity index (χ2v) is 5.03. The number of rotatable bonds is 5. The molecule has 0 spiro atoms. The molecule has 2 aromatic rings. The highest BCUT2D eigenvalue weighted by Gasteiger charge is 2.27. The average molecular weight is 270 g/mol. The summed E-state index contributed by atoms with van der Waals surface area (Å²) in [7, 11) is 0. The maximum atomic E-state index is 11.9. The highest BCUT2D eigenvalue weighted by Crippen LogP contribution is 2.23. The molecule has 0 bridgehead atoms. The van der Waals surface area contributed by atoms with Gasteiger partial charge >= 0.3 is 5.97 Å². The minimum Gasteiger partial charge on any atom is -0.461 e. The first kappa shape index (κ1) is 14.3. The van der Waals surface area contributed by atoms with Gasteiger partial charge in [-0.3, -0.25) is 0 Å². The van der Waals surface area contributed by atoms with Crippen LogP contribution in [0.2, 0.25) is 0 Å². The highest BCUT2D eigenvalue weighted by molar-refractivity contribution is 5.89. The quantitative estimate of drug-likeness (QED) is 0.850. The molecule has 0 unspecified atom stereocenters. The van der Waals surface area contributed by atoms with Gasteiger partial charge in [-0.15, -0.1) is 0 Å². The van der Waals surface area contributed by atoms with Gasteiger partial charge < -0.3 is 9.84 Å². The summed E-state index contributed by atoms with van der Waals surface area (Å²) in [4.78, 5) is 11.9. The van der Waals surface area contributed by atoms with E-state index in [1.165, 1.54) is 0 Å². The molecule has 2 aromatic carbocycles. The lowest BCUT2D eigenvalue weighted by Gasteiger charge is -2.27. The van der Waals surface area contributed by atoms with Crippen molar-refractivity contribution < 1.29 is 14.6 Å². The molecule has 0 radical (unpaired) electrons. The largest absolute Gasteiger partial charge is 0.461 e. The lowest BCUT2D eigenvalue weighted by Crippen LogP contribution is -2.33. The predicted molar refractivity (Wildman–Crippen MR) is 77.6 cm³/mol. The standard InChI is InChI=1S/C17H18O3/c1-17(12-18,15-10-6-3-7-11-15)13-20-16(19)14-8-4-2-5-9-14/h2-11,18H,12-13H2,1H3/t17-/m0/s1. The van der Waals surface area contributed by atoms with E-state index in [0.29, 0.717) is 5.56 Å². The molecule has 3 nitrogen and oxygen atoms in total. The average Bonchev–Trinajstić information content (AvgIpc) is 2.54. The predicted octanol–water partition coefficient (Wildman–Crippen LogP) is 2.79. The van der Waals surface area contributed by atoms with Gasteiger partial charge in [0, 0.05) is 5.41 Å². The molecule has 0 aliphatic rings. The molecule has 20 heavy (non-hydrogen) atoms. The van der Waals surface area contributed by atoms with Gasteiger partial charge in [-0.1, -0.05) is 55.5 Å². The monoisotopic (exact) mass is 270 g/mol. The van der Waals surface area contributed by atoms with Crippen LogP contribution >= 0.6 is 0 Å². The fourth-order valence-corrected chi connectivity index (χ4v) is 1.94. The van der Waals surface area contributed by atoms with Crippen LogP contribution in [0.4, 0.5) is 0 Å². The molecular weight excluding hydrogens is 252 g/mol. The van der Waals surface area contributed by atoms with Crippen LogP contribution in [0.3, 0.4) is 0 Å². The zero-order valence-electron chi connectivity index (χ0n) is 11.5. The third kappa shape index (κ3) is 3.25. The summed E-state index contributed by atoms with van der Waals surface area (Å²) in [6, 6.07) is 18.4. The fourth-order valence-electron chi connectivity index (χ4n) is 1.94. The zero-order valence-corrected chi connectivity index (χ0v) is 11.5. The number of carbonyl (C=O) groups excluding carboxylic acids is 1. The van der Waals surface area contributed by atoms with E-state index in [4.69, 9.17) is 4.74 Å². The molecule has 3 heteroatoms. The number of aliphatic hydroxyl groups is 1. The summed E-state index contributed by atoms with van der Waals surface area (Å²) in [6.45, 7) is 1.93. The molecule has 0 aliphatic carbocycles. The summed E-state index contributed by atoms with van der Waals surface area (Å²) < 4.78 is 5.34. The number of aliphatic hydroxyl groups excluding tert-OH is 1. The highest BCUT2D eigenvalue weighted by atomic mass is 16.5. The van der Waals surface area contributed by atoms with Crippen LogP contribution in [-0.4, -0.2) is 24.3 Å². The van der Waals surface area contributed by atoms with Crippen molar-refractivity contribution in [1.29, 1.82) is 0 Å². The SMILES string of the molecule is C[C@](CO)(COC(=O)c1ccccc1)c1ccccc1. The number of benzene rings is 2. The van der Waals surface area contributed by atoms with E-state index < -0.39 is 5.41 Å². The van der Waals surface area contributed by atoms with Crippen molar-refractivity contribution in [2.75, 3.05) is 13.2 Å². The molecule has 1 atom stereocenters. The van der Waals surface area contributed by atoms with E-state index >= 15 is 0 Å². The fraction of sp³-hybridized carbons (Fsp3) is 0.235. The van der Waals surface area contributed by atoms with Crippen LogP contribution in [0.15, 0.2) is 60.7 Å². The maximum absolute atomic E-state index is 11.9. The summed E-state index contributed by atoms with van der Waals surface area (Å²) >= 11 is 0. The Kier molecular flexibility index (Phi) is 4.53. The third-order valence-corrected chi connectivity index (χ3v) is 3.35. The molecular formula is C17H18O3. The molecule has 0 heterocycles. The van der Waals surface area contributed by atoms with Gasteiger partial charge in [-0.25, -0.2) is 4.79 Å². The first-order valence-electron chi connectivity index (χ1n) is 6.54. The molecule has 2 rings (SSSR count). The van der Waals surface area contributed by atoms with Crippen molar-refractivity contribution in [3.63, 3.8) is 0 Å². The van der Waals surface area contributed by atoms with Crippen LogP contribution in [0.1, 0.15) is 22.8 Å². The molecule has 0 fully saturated rings. The summed E-state index contributed by atoms with van der Waals surface area (Å²) in [5, 5.41) is 9.63. The van der Waals surface area contributed by atoms with Gasteiger partial charge in [0.2, 0.25) is 0 Å². The Morgan fingerprint density at radius 1 is 1.05 bits per heavy atom. The van der Waals surface area contributed by atoms with Crippen LogP contribution in [0.5, 0.6) is 0 Å². The number of carbonyl (C=O) groups is 1. The van der Waals surface area contributed by atoms with Crippen molar-refractivity contribution in [3.8, 4) is 0 Å². The molecule has 0 saturated carbocycles. The van der Waals surface area contributed by atoms with E-state index in [1.807, 2.05) is 43.3 Å². The Bertz CT molecular complexity index is 551. The van der Waals surface area contributed by atoms with Crippen LogP contribution < -0.4 is 0 Å². The Morgan fingerprint density at radius 2 is 1.60 bits per heavy atom. The van der Waals surface area contributed by atoms with Crippen LogP contribution in [0, 0.1) is 0 Å². The number of esters is 1. The molecule has 0 aliphatic heterocycles. The Morgan fingerprint density at radius 3 is 2.15 bits per heavy atom. The van der Waals surface area contributed by atoms with Gasteiger partial charge in [-0.2, -0.15) is 0 Å². The molecule has 104 valence electrons.